The molecule has 1 aliphatic carbocycles. The van der Waals surface area contributed by atoms with E-state index in [1.54, 1.807) is 13.0 Å². The lowest BCUT2D eigenvalue weighted by atomic mass is 10.0. The number of ketones is 1. The highest BCUT2D eigenvalue weighted by atomic mass is 35.5. The van der Waals surface area contributed by atoms with Crippen LogP contribution in [0.5, 0.6) is 0 Å². The first-order valence-electron chi connectivity index (χ1n) is 8.89. The lowest BCUT2D eigenvalue weighted by Crippen LogP contribution is -2.33. The summed E-state index contributed by atoms with van der Waals surface area (Å²) in [7, 11) is 0. The summed E-state index contributed by atoms with van der Waals surface area (Å²) in [5, 5.41) is 0.363. The van der Waals surface area contributed by atoms with Crippen LogP contribution in [0.4, 0.5) is 10.5 Å². The third-order valence-corrected chi connectivity index (χ3v) is 5.10. The maximum atomic E-state index is 13.2. The minimum Gasteiger partial charge on any atom is -0.449 e. The largest absolute Gasteiger partial charge is 0.449 e. The van der Waals surface area contributed by atoms with E-state index in [0.29, 0.717) is 12.2 Å². The van der Waals surface area contributed by atoms with Crippen LogP contribution in [0, 0.1) is 0 Å². The number of hydrogen-bond donors (Lipinski definition) is 0. The number of carbonyl (C=O) groups excluding carboxylic acids is 2. The minimum atomic E-state index is -0.583. The normalized spacial score (nSPS) is 13.5. The molecule has 0 N–H and O–H groups in total. The van der Waals surface area contributed by atoms with E-state index >= 15 is 0 Å². The number of nitrogens with zero attached hydrogens (tertiary/aromatic N) is 2. The molecule has 1 heterocycles. The number of carbonyl (C=O) groups is 2. The second kappa shape index (κ2) is 8.31. The fourth-order valence-electron chi connectivity index (χ4n) is 2.82. The molecule has 144 valence electrons. The van der Waals surface area contributed by atoms with Crippen LogP contribution in [0.25, 0.3) is 0 Å². The molecule has 0 saturated heterocycles. The van der Waals surface area contributed by atoms with Crippen molar-refractivity contribution in [1.82, 2.24) is 4.98 Å². The molecule has 0 atom stereocenters. The van der Waals surface area contributed by atoms with Crippen LogP contribution in [-0.4, -0.2) is 30.0 Å². The molecule has 27 heavy (non-hydrogen) atoms. The lowest BCUT2D eigenvalue weighted by molar-refractivity contribution is 0.103. The van der Waals surface area contributed by atoms with Gasteiger partial charge in [0.25, 0.3) is 0 Å². The van der Waals surface area contributed by atoms with E-state index in [1.807, 2.05) is 6.92 Å². The molecule has 3 rings (SSSR count). The Labute approximate surface area is 167 Å². The first-order valence-corrected chi connectivity index (χ1v) is 9.65. The topological polar surface area (TPSA) is 72.6 Å². The second-order valence-corrected chi connectivity index (χ2v) is 7.07. The fourth-order valence-corrected chi connectivity index (χ4v) is 3.24. The summed E-state index contributed by atoms with van der Waals surface area (Å²) >= 11 is 12.6. The van der Waals surface area contributed by atoms with Gasteiger partial charge in [-0.3, -0.25) is 9.69 Å². The zero-order valence-corrected chi connectivity index (χ0v) is 16.6. The number of anilines is 1. The molecule has 0 bridgehead atoms. The second-order valence-electron chi connectivity index (χ2n) is 6.28. The van der Waals surface area contributed by atoms with Gasteiger partial charge in [0.15, 0.2) is 12.1 Å². The zero-order valence-electron chi connectivity index (χ0n) is 15.1. The summed E-state index contributed by atoms with van der Waals surface area (Å²) in [5.41, 5.74) is 0.702. The molecule has 1 saturated carbocycles. The third-order valence-electron chi connectivity index (χ3n) is 4.31. The van der Waals surface area contributed by atoms with Gasteiger partial charge in [-0.25, -0.2) is 9.78 Å². The van der Waals surface area contributed by atoms with Crippen LogP contribution in [-0.2, 0) is 4.74 Å². The Morgan fingerprint density at radius 2 is 2.04 bits per heavy atom. The quantitative estimate of drug-likeness (QED) is 0.566. The highest BCUT2D eigenvalue weighted by Gasteiger charge is 2.34. The van der Waals surface area contributed by atoms with Crippen molar-refractivity contribution >= 4 is 40.8 Å². The molecule has 1 amide bonds. The number of aromatic nitrogens is 1. The first-order chi connectivity index (χ1) is 13.0. The molecule has 1 aliphatic rings. The SMILES string of the molecule is CCCOC(=O)N(CC)c1c(C(=O)c2ncoc2C2CC2)ccc(Cl)c1Cl. The molecule has 1 aromatic heterocycles. The molecule has 6 nitrogen and oxygen atoms in total. The van der Waals surface area contributed by atoms with E-state index in [4.69, 9.17) is 32.4 Å². The molecule has 0 aliphatic heterocycles. The van der Waals surface area contributed by atoms with Crippen LogP contribution < -0.4 is 4.90 Å². The van der Waals surface area contributed by atoms with Crippen molar-refractivity contribution < 1.29 is 18.7 Å². The van der Waals surface area contributed by atoms with Crippen molar-refractivity contribution in [3.05, 3.63) is 45.6 Å². The van der Waals surface area contributed by atoms with Gasteiger partial charge < -0.3 is 9.15 Å². The van der Waals surface area contributed by atoms with Crippen molar-refractivity contribution in [3.8, 4) is 0 Å². The average molecular weight is 411 g/mol. The van der Waals surface area contributed by atoms with Crippen LogP contribution in [0.15, 0.2) is 22.9 Å². The van der Waals surface area contributed by atoms with E-state index in [2.05, 4.69) is 4.98 Å². The number of ether oxygens (including phenoxy) is 1. The molecule has 0 unspecified atom stereocenters. The molecular formula is C19H20Cl2N2O4. The number of halogens is 2. The number of benzene rings is 1. The third kappa shape index (κ3) is 3.96. The van der Waals surface area contributed by atoms with Gasteiger partial charge in [-0.15, -0.1) is 0 Å². The smallest absolute Gasteiger partial charge is 0.414 e. The van der Waals surface area contributed by atoms with Crippen molar-refractivity contribution in [2.75, 3.05) is 18.1 Å². The minimum absolute atomic E-state index is 0.120. The molecule has 0 spiro atoms. The molecule has 2 aromatic rings. The van der Waals surface area contributed by atoms with Gasteiger partial charge in [-0.1, -0.05) is 30.1 Å². The number of hydrogen-bond acceptors (Lipinski definition) is 5. The highest BCUT2D eigenvalue weighted by Crippen LogP contribution is 2.43. The lowest BCUT2D eigenvalue weighted by Gasteiger charge is -2.24. The van der Waals surface area contributed by atoms with E-state index in [1.165, 1.54) is 17.4 Å². The van der Waals surface area contributed by atoms with Crippen molar-refractivity contribution in [2.24, 2.45) is 0 Å². The summed E-state index contributed by atoms with van der Waals surface area (Å²) in [6.07, 6.45) is 3.30. The Morgan fingerprint density at radius 1 is 1.30 bits per heavy atom. The molecule has 8 heteroatoms. The number of amides is 1. The molecule has 1 aromatic carbocycles. The van der Waals surface area contributed by atoms with E-state index in [-0.39, 0.29) is 51.8 Å². The van der Waals surface area contributed by atoms with Crippen molar-refractivity contribution in [3.63, 3.8) is 0 Å². The fraction of sp³-hybridized carbons (Fsp3) is 0.421. The summed E-state index contributed by atoms with van der Waals surface area (Å²) in [4.78, 5) is 31.1. The van der Waals surface area contributed by atoms with E-state index in [0.717, 1.165) is 12.8 Å². The predicted octanol–water partition coefficient (Wildman–Crippen LogP) is 5.46. The average Bonchev–Trinajstić information content (AvgIpc) is 3.40. The van der Waals surface area contributed by atoms with Gasteiger partial charge in [-0.2, -0.15) is 0 Å². The zero-order chi connectivity index (χ0) is 19.6. The van der Waals surface area contributed by atoms with Gasteiger partial charge >= 0.3 is 6.09 Å². The Morgan fingerprint density at radius 3 is 2.67 bits per heavy atom. The maximum Gasteiger partial charge on any atom is 0.414 e. The maximum absolute atomic E-state index is 13.2. The van der Waals surface area contributed by atoms with Crippen LogP contribution in [0.2, 0.25) is 10.0 Å². The molecular weight excluding hydrogens is 391 g/mol. The Kier molecular flexibility index (Phi) is 6.07. The van der Waals surface area contributed by atoms with Crippen molar-refractivity contribution in [2.45, 2.75) is 39.0 Å². The molecule has 0 radical (unpaired) electrons. The summed E-state index contributed by atoms with van der Waals surface area (Å²) in [6, 6.07) is 3.08. The van der Waals surface area contributed by atoms with E-state index in [9.17, 15) is 9.59 Å². The van der Waals surface area contributed by atoms with Crippen LogP contribution >= 0.6 is 23.2 Å². The predicted molar refractivity (Wildman–Crippen MR) is 103 cm³/mol. The van der Waals surface area contributed by atoms with E-state index < -0.39 is 6.09 Å². The van der Waals surface area contributed by atoms with Gasteiger partial charge in [0.05, 0.1) is 22.3 Å². The summed E-state index contributed by atoms with van der Waals surface area (Å²) in [6.45, 7) is 4.20. The van der Waals surface area contributed by atoms with Crippen molar-refractivity contribution in [1.29, 1.82) is 0 Å². The first kappa shape index (κ1) is 19.7. The highest BCUT2D eigenvalue weighted by molar-refractivity contribution is 6.44. The van der Waals surface area contributed by atoms with Gasteiger partial charge in [-0.05, 0) is 38.3 Å². The van der Waals surface area contributed by atoms with Crippen LogP contribution in [0.1, 0.15) is 60.8 Å². The standard InChI is InChI=1S/C19H20Cl2N2O4/c1-3-9-26-19(25)23(4-2)16-12(7-8-13(20)14(16)21)17(24)15-18(11-5-6-11)27-10-22-15/h7-8,10-11H,3-6,9H2,1-2H3. The van der Waals surface area contributed by atoms with Gasteiger partial charge in [0, 0.05) is 18.0 Å². The summed E-state index contributed by atoms with van der Waals surface area (Å²) in [5.74, 6) is 0.434. The number of rotatable bonds is 7. The van der Waals surface area contributed by atoms with Gasteiger partial charge in [0.2, 0.25) is 5.78 Å². The molecule has 1 fully saturated rings. The van der Waals surface area contributed by atoms with Crippen LogP contribution in [0.3, 0.4) is 0 Å². The Bertz CT molecular complexity index is 861. The van der Waals surface area contributed by atoms with Gasteiger partial charge in [0.1, 0.15) is 5.76 Å². The Balaban J connectivity index is 2.05. The Hall–Kier alpha value is -2.05. The summed E-state index contributed by atoms with van der Waals surface area (Å²) < 4.78 is 10.6. The monoisotopic (exact) mass is 410 g/mol. The number of oxazole rings is 1.